The number of aryl methyl sites for hydroxylation is 1. The summed E-state index contributed by atoms with van der Waals surface area (Å²) in [6.07, 6.45) is 9.27. The van der Waals surface area contributed by atoms with Gasteiger partial charge in [0.05, 0.1) is 17.9 Å². The molecule has 106 valence electrons. The van der Waals surface area contributed by atoms with Gasteiger partial charge in [-0.1, -0.05) is 12.8 Å². The van der Waals surface area contributed by atoms with Crippen LogP contribution in [0.4, 0.5) is 0 Å². The van der Waals surface area contributed by atoms with Crippen LogP contribution in [0.2, 0.25) is 0 Å². The smallest absolute Gasteiger partial charge is 0.123 e. The third kappa shape index (κ3) is 2.46. The molecule has 0 radical (unpaired) electrons. The second-order valence-corrected chi connectivity index (χ2v) is 6.23. The van der Waals surface area contributed by atoms with Crippen molar-refractivity contribution in [2.75, 3.05) is 13.7 Å². The van der Waals surface area contributed by atoms with Crippen molar-refractivity contribution in [2.24, 2.45) is 5.92 Å². The Bertz CT molecular complexity index is 420. The van der Waals surface area contributed by atoms with E-state index in [1.54, 1.807) is 6.26 Å². The van der Waals surface area contributed by atoms with Crippen molar-refractivity contribution in [1.29, 1.82) is 0 Å². The number of rotatable bonds is 3. The van der Waals surface area contributed by atoms with Crippen LogP contribution >= 0.6 is 0 Å². The summed E-state index contributed by atoms with van der Waals surface area (Å²) in [6.45, 7) is 3.04. The Labute approximate surface area is 115 Å². The van der Waals surface area contributed by atoms with Gasteiger partial charge in [-0.05, 0) is 57.2 Å². The summed E-state index contributed by atoms with van der Waals surface area (Å²) in [5.41, 5.74) is 1.43. The maximum Gasteiger partial charge on any atom is 0.123 e. The molecule has 1 saturated heterocycles. The van der Waals surface area contributed by atoms with E-state index in [1.165, 1.54) is 37.7 Å². The van der Waals surface area contributed by atoms with Gasteiger partial charge in [-0.3, -0.25) is 0 Å². The van der Waals surface area contributed by atoms with Crippen LogP contribution in [0.3, 0.4) is 0 Å². The molecule has 1 spiro atoms. The number of furan rings is 1. The normalized spacial score (nSPS) is 27.8. The summed E-state index contributed by atoms with van der Waals surface area (Å²) >= 11 is 0. The zero-order chi connectivity index (χ0) is 13.3. The largest absolute Gasteiger partial charge is 0.467 e. The fourth-order valence-electron chi connectivity index (χ4n) is 4.00. The molecule has 3 heteroatoms. The molecule has 1 aliphatic heterocycles. The van der Waals surface area contributed by atoms with Crippen molar-refractivity contribution in [3.05, 3.63) is 23.7 Å². The highest BCUT2D eigenvalue weighted by molar-refractivity contribution is 5.19. The minimum absolute atomic E-state index is 0.179. The van der Waals surface area contributed by atoms with Crippen molar-refractivity contribution < 1.29 is 9.15 Å². The molecule has 1 aromatic rings. The SMILES string of the molecule is CNC(c1occc1C)C1CCOC2(CCCC2)C1. The Balaban J connectivity index is 1.78. The zero-order valence-corrected chi connectivity index (χ0v) is 12.1. The van der Waals surface area contributed by atoms with E-state index in [-0.39, 0.29) is 5.60 Å². The highest BCUT2D eigenvalue weighted by Crippen LogP contribution is 2.45. The van der Waals surface area contributed by atoms with Gasteiger partial charge in [-0.15, -0.1) is 0 Å². The van der Waals surface area contributed by atoms with E-state index in [1.807, 2.05) is 7.05 Å². The third-order valence-corrected chi connectivity index (χ3v) is 5.01. The van der Waals surface area contributed by atoms with Gasteiger partial charge >= 0.3 is 0 Å². The average molecular weight is 263 g/mol. The van der Waals surface area contributed by atoms with Gasteiger partial charge in [0.2, 0.25) is 0 Å². The predicted octanol–water partition coefficient (Wildman–Crippen LogP) is 3.59. The maximum atomic E-state index is 6.14. The predicted molar refractivity (Wildman–Crippen MR) is 75.1 cm³/mol. The van der Waals surface area contributed by atoms with Gasteiger partial charge in [-0.2, -0.15) is 0 Å². The highest BCUT2D eigenvalue weighted by Gasteiger charge is 2.42. The van der Waals surface area contributed by atoms with E-state index in [4.69, 9.17) is 9.15 Å². The fraction of sp³-hybridized carbons (Fsp3) is 0.750. The molecule has 2 aliphatic rings. The van der Waals surface area contributed by atoms with Crippen LogP contribution in [0.15, 0.2) is 16.7 Å². The number of hydrogen-bond donors (Lipinski definition) is 1. The lowest BCUT2D eigenvalue weighted by Crippen LogP contribution is -2.41. The Hall–Kier alpha value is -0.800. The van der Waals surface area contributed by atoms with Crippen molar-refractivity contribution in [1.82, 2.24) is 5.32 Å². The molecule has 2 unspecified atom stereocenters. The summed E-state index contributed by atoms with van der Waals surface area (Å²) in [5, 5.41) is 3.47. The maximum absolute atomic E-state index is 6.14. The molecule has 0 amide bonds. The van der Waals surface area contributed by atoms with E-state index in [2.05, 4.69) is 18.3 Å². The van der Waals surface area contributed by atoms with Gasteiger partial charge in [-0.25, -0.2) is 0 Å². The number of hydrogen-bond acceptors (Lipinski definition) is 3. The van der Waals surface area contributed by atoms with Crippen molar-refractivity contribution in [3.8, 4) is 0 Å². The van der Waals surface area contributed by atoms with Crippen LogP contribution in [-0.2, 0) is 4.74 Å². The molecular weight excluding hydrogens is 238 g/mol. The van der Waals surface area contributed by atoms with Crippen LogP contribution in [0.25, 0.3) is 0 Å². The lowest BCUT2D eigenvalue weighted by Gasteiger charge is -2.41. The molecule has 1 saturated carbocycles. The van der Waals surface area contributed by atoms with Crippen LogP contribution < -0.4 is 5.32 Å². The Kier molecular flexibility index (Phi) is 3.68. The molecule has 2 atom stereocenters. The average Bonchev–Trinajstić information content (AvgIpc) is 3.02. The molecule has 2 fully saturated rings. The van der Waals surface area contributed by atoms with Gasteiger partial charge in [0, 0.05) is 6.61 Å². The molecule has 3 rings (SSSR count). The summed E-state index contributed by atoms with van der Waals surface area (Å²) in [7, 11) is 2.05. The Morgan fingerprint density at radius 1 is 1.37 bits per heavy atom. The monoisotopic (exact) mass is 263 g/mol. The first-order chi connectivity index (χ1) is 9.24. The minimum atomic E-state index is 0.179. The minimum Gasteiger partial charge on any atom is -0.467 e. The molecule has 2 heterocycles. The highest BCUT2D eigenvalue weighted by atomic mass is 16.5. The third-order valence-electron chi connectivity index (χ3n) is 5.01. The molecule has 1 aliphatic carbocycles. The summed E-state index contributed by atoms with van der Waals surface area (Å²) in [4.78, 5) is 0. The molecular formula is C16H25NO2. The van der Waals surface area contributed by atoms with Crippen LogP contribution in [0, 0.1) is 12.8 Å². The van der Waals surface area contributed by atoms with Crippen LogP contribution in [0.1, 0.15) is 55.9 Å². The first kappa shape index (κ1) is 13.2. The second-order valence-electron chi connectivity index (χ2n) is 6.23. The van der Waals surface area contributed by atoms with E-state index in [0.29, 0.717) is 12.0 Å². The summed E-state index contributed by atoms with van der Waals surface area (Å²) < 4.78 is 11.9. The summed E-state index contributed by atoms with van der Waals surface area (Å²) in [6, 6.07) is 2.39. The van der Waals surface area contributed by atoms with Gasteiger partial charge in [0.25, 0.3) is 0 Å². The Morgan fingerprint density at radius 2 is 2.16 bits per heavy atom. The van der Waals surface area contributed by atoms with Crippen LogP contribution in [-0.4, -0.2) is 19.3 Å². The topological polar surface area (TPSA) is 34.4 Å². The van der Waals surface area contributed by atoms with Gasteiger partial charge in [0.1, 0.15) is 5.76 Å². The number of ether oxygens (including phenoxy) is 1. The second kappa shape index (κ2) is 5.29. The molecule has 0 aromatic carbocycles. The van der Waals surface area contributed by atoms with E-state index in [9.17, 15) is 0 Å². The molecule has 0 bridgehead atoms. The first-order valence-corrected chi connectivity index (χ1v) is 7.59. The zero-order valence-electron chi connectivity index (χ0n) is 12.1. The summed E-state index contributed by atoms with van der Waals surface area (Å²) in [5.74, 6) is 1.74. The standard InChI is InChI=1S/C16H25NO2/c1-12-5-9-18-15(12)14(17-2)13-6-10-19-16(11-13)7-3-4-8-16/h5,9,13-14,17H,3-4,6-8,10-11H2,1-2H3. The lowest BCUT2D eigenvalue weighted by molar-refractivity contribution is -0.0988. The number of nitrogens with one attached hydrogen (secondary N) is 1. The first-order valence-electron chi connectivity index (χ1n) is 7.59. The molecule has 19 heavy (non-hydrogen) atoms. The van der Waals surface area contributed by atoms with Crippen molar-refractivity contribution in [2.45, 2.75) is 57.1 Å². The molecule has 3 nitrogen and oxygen atoms in total. The molecule has 1 aromatic heterocycles. The van der Waals surface area contributed by atoms with Crippen molar-refractivity contribution in [3.63, 3.8) is 0 Å². The Morgan fingerprint density at radius 3 is 2.79 bits per heavy atom. The lowest BCUT2D eigenvalue weighted by atomic mass is 9.79. The quantitative estimate of drug-likeness (QED) is 0.905. The van der Waals surface area contributed by atoms with E-state index in [0.717, 1.165) is 18.8 Å². The van der Waals surface area contributed by atoms with Crippen LogP contribution in [0.5, 0.6) is 0 Å². The van der Waals surface area contributed by atoms with Crippen molar-refractivity contribution >= 4 is 0 Å². The van der Waals surface area contributed by atoms with Gasteiger partial charge < -0.3 is 14.5 Å². The fourth-order valence-corrected chi connectivity index (χ4v) is 4.00. The van der Waals surface area contributed by atoms with Gasteiger partial charge in [0.15, 0.2) is 0 Å². The molecule has 1 N–H and O–H groups in total. The van der Waals surface area contributed by atoms with E-state index < -0.39 is 0 Å². The van der Waals surface area contributed by atoms with E-state index >= 15 is 0 Å².